The van der Waals surface area contributed by atoms with Gasteiger partial charge in [0, 0.05) is 39.0 Å². The number of amides is 1. The number of rotatable bonds is 4. The molecule has 0 saturated carbocycles. The third-order valence-electron chi connectivity index (χ3n) is 4.87. The van der Waals surface area contributed by atoms with Crippen LogP contribution in [-0.2, 0) is 14.3 Å². The SMILES string of the molecule is Cc1ccc(F)c(OC2(C(=O)O)CCN(C(=O)C3CNCCO3)CC2)c1. The molecule has 7 nitrogen and oxygen atoms in total. The largest absolute Gasteiger partial charge is 0.478 e. The van der Waals surface area contributed by atoms with Gasteiger partial charge in [0.05, 0.1) is 6.61 Å². The van der Waals surface area contributed by atoms with Crippen molar-refractivity contribution >= 4 is 11.9 Å². The quantitative estimate of drug-likeness (QED) is 0.825. The molecule has 1 atom stereocenters. The Hall–Kier alpha value is -2.19. The van der Waals surface area contributed by atoms with Crippen molar-refractivity contribution in [2.24, 2.45) is 0 Å². The zero-order valence-corrected chi connectivity index (χ0v) is 14.7. The topological polar surface area (TPSA) is 88.1 Å². The van der Waals surface area contributed by atoms with Gasteiger partial charge in [-0.3, -0.25) is 4.79 Å². The minimum Gasteiger partial charge on any atom is -0.478 e. The summed E-state index contributed by atoms with van der Waals surface area (Å²) >= 11 is 0. The van der Waals surface area contributed by atoms with Crippen molar-refractivity contribution in [3.05, 3.63) is 29.6 Å². The number of carboxylic acid groups (broad SMARTS) is 1. The number of benzene rings is 1. The lowest BCUT2D eigenvalue weighted by Gasteiger charge is -2.40. The first-order valence-electron chi connectivity index (χ1n) is 8.71. The molecular formula is C18H23FN2O5. The van der Waals surface area contributed by atoms with Crippen LogP contribution < -0.4 is 10.1 Å². The summed E-state index contributed by atoms with van der Waals surface area (Å²) in [6.07, 6.45) is -0.375. The number of halogens is 1. The molecule has 0 radical (unpaired) electrons. The van der Waals surface area contributed by atoms with Crippen LogP contribution in [0.1, 0.15) is 18.4 Å². The van der Waals surface area contributed by atoms with Crippen molar-refractivity contribution in [1.29, 1.82) is 0 Å². The molecule has 0 aliphatic carbocycles. The molecule has 1 unspecified atom stereocenters. The summed E-state index contributed by atoms with van der Waals surface area (Å²) in [6, 6.07) is 4.33. The molecule has 1 aromatic carbocycles. The maximum absolute atomic E-state index is 14.0. The molecule has 2 saturated heterocycles. The fourth-order valence-electron chi connectivity index (χ4n) is 3.27. The first-order chi connectivity index (χ1) is 12.4. The van der Waals surface area contributed by atoms with Crippen molar-refractivity contribution in [2.75, 3.05) is 32.8 Å². The third kappa shape index (κ3) is 3.81. The van der Waals surface area contributed by atoms with Gasteiger partial charge in [0.1, 0.15) is 6.10 Å². The molecular weight excluding hydrogens is 343 g/mol. The fraction of sp³-hybridized carbons (Fsp3) is 0.556. The number of hydrogen-bond donors (Lipinski definition) is 2. The fourth-order valence-corrected chi connectivity index (χ4v) is 3.27. The van der Waals surface area contributed by atoms with E-state index in [9.17, 15) is 19.1 Å². The molecule has 1 amide bonds. The van der Waals surface area contributed by atoms with Crippen molar-refractivity contribution in [1.82, 2.24) is 10.2 Å². The molecule has 142 valence electrons. The van der Waals surface area contributed by atoms with Gasteiger partial charge < -0.3 is 24.8 Å². The number of aryl methyl sites for hydroxylation is 1. The van der Waals surface area contributed by atoms with Gasteiger partial charge in [-0.05, 0) is 24.6 Å². The number of ether oxygens (including phenoxy) is 2. The van der Waals surface area contributed by atoms with E-state index in [4.69, 9.17) is 9.47 Å². The van der Waals surface area contributed by atoms with Crippen molar-refractivity contribution in [3.63, 3.8) is 0 Å². The molecule has 2 heterocycles. The number of nitrogens with one attached hydrogen (secondary N) is 1. The predicted molar refractivity (Wildman–Crippen MR) is 90.6 cm³/mol. The predicted octanol–water partition coefficient (Wildman–Crippen LogP) is 0.947. The maximum Gasteiger partial charge on any atom is 0.348 e. The molecule has 0 spiro atoms. The molecule has 1 aromatic rings. The van der Waals surface area contributed by atoms with E-state index in [0.29, 0.717) is 19.7 Å². The number of carboxylic acids is 1. The van der Waals surface area contributed by atoms with Gasteiger partial charge in [0.25, 0.3) is 5.91 Å². The normalized spacial score (nSPS) is 22.7. The lowest BCUT2D eigenvalue weighted by molar-refractivity contribution is -0.164. The Morgan fingerprint density at radius 3 is 2.73 bits per heavy atom. The van der Waals surface area contributed by atoms with E-state index in [1.807, 2.05) is 0 Å². The third-order valence-corrected chi connectivity index (χ3v) is 4.87. The summed E-state index contributed by atoms with van der Waals surface area (Å²) in [7, 11) is 0. The number of likely N-dealkylation sites (tertiary alicyclic amines) is 1. The second kappa shape index (κ2) is 7.59. The van der Waals surface area contributed by atoms with Crippen LogP contribution in [-0.4, -0.2) is 66.4 Å². The van der Waals surface area contributed by atoms with Crippen LogP contribution in [0.4, 0.5) is 4.39 Å². The van der Waals surface area contributed by atoms with E-state index in [2.05, 4.69) is 5.32 Å². The summed E-state index contributed by atoms with van der Waals surface area (Å²) in [6.45, 7) is 3.85. The highest BCUT2D eigenvalue weighted by Crippen LogP contribution is 2.31. The number of carbonyl (C=O) groups is 2. The second-order valence-electron chi connectivity index (χ2n) is 6.72. The molecule has 0 bridgehead atoms. The molecule has 2 fully saturated rings. The van der Waals surface area contributed by atoms with Crippen molar-refractivity contribution in [3.8, 4) is 5.75 Å². The van der Waals surface area contributed by atoms with E-state index in [1.165, 1.54) is 12.1 Å². The standard InChI is InChI=1S/C18H23FN2O5/c1-12-2-3-13(19)14(10-12)26-18(17(23)24)4-7-21(8-5-18)16(22)15-11-20-6-9-25-15/h2-3,10,15,20H,4-9,11H2,1H3,(H,23,24). The summed E-state index contributed by atoms with van der Waals surface area (Å²) in [5.74, 6) is -1.98. The van der Waals surface area contributed by atoms with Gasteiger partial charge in [-0.2, -0.15) is 0 Å². The van der Waals surface area contributed by atoms with Crippen LogP contribution in [0.2, 0.25) is 0 Å². The van der Waals surface area contributed by atoms with E-state index in [0.717, 1.165) is 5.56 Å². The number of carbonyl (C=O) groups excluding carboxylic acids is 1. The average molecular weight is 366 g/mol. The van der Waals surface area contributed by atoms with Crippen LogP contribution in [0.3, 0.4) is 0 Å². The lowest BCUT2D eigenvalue weighted by Crippen LogP contribution is -2.57. The number of nitrogens with zero attached hydrogens (tertiary/aromatic N) is 1. The first-order valence-corrected chi connectivity index (χ1v) is 8.71. The summed E-state index contributed by atoms with van der Waals surface area (Å²) in [5, 5.41) is 12.8. The van der Waals surface area contributed by atoms with Crippen molar-refractivity contribution < 1.29 is 28.6 Å². The smallest absolute Gasteiger partial charge is 0.348 e. The minimum atomic E-state index is -1.54. The highest BCUT2D eigenvalue weighted by atomic mass is 19.1. The molecule has 2 aliphatic heterocycles. The number of aliphatic carboxylic acids is 1. The maximum atomic E-state index is 14.0. The lowest BCUT2D eigenvalue weighted by atomic mass is 9.90. The van der Waals surface area contributed by atoms with Gasteiger partial charge in [0.15, 0.2) is 11.6 Å². The Morgan fingerprint density at radius 2 is 2.12 bits per heavy atom. The molecule has 8 heteroatoms. The number of piperidine rings is 1. The highest BCUT2D eigenvalue weighted by Gasteiger charge is 2.46. The molecule has 3 rings (SSSR count). The van der Waals surface area contributed by atoms with Gasteiger partial charge in [-0.1, -0.05) is 6.07 Å². The van der Waals surface area contributed by atoms with Crippen LogP contribution in [0.15, 0.2) is 18.2 Å². The second-order valence-corrected chi connectivity index (χ2v) is 6.72. The number of morpholine rings is 1. The van der Waals surface area contributed by atoms with E-state index >= 15 is 0 Å². The summed E-state index contributed by atoms with van der Waals surface area (Å²) in [5.41, 5.74) is -0.770. The molecule has 2 aliphatic rings. The first kappa shape index (κ1) is 18.6. The Bertz CT molecular complexity index is 682. The highest BCUT2D eigenvalue weighted by molar-refractivity contribution is 5.83. The summed E-state index contributed by atoms with van der Waals surface area (Å²) < 4.78 is 25.1. The van der Waals surface area contributed by atoms with E-state index in [-0.39, 0.29) is 37.6 Å². The Balaban J connectivity index is 1.69. The Kier molecular flexibility index (Phi) is 5.43. The van der Waals surface area contributed by atoms with Gasteiger partial charge in [-0.15, -0.1) is 0 Å². The zero-order valence-electron chi connectivity index (χ0n) is 14.7. The van der Waals surface area contributed by atoms with Crippen LogP contribution in [0.5, 0.6) is 5.75 Å². The van der Waals surface area contributed by atoms with Crippen molar-refractivity contribution in [2.45, 2.75) is 31.5 Å². The molecule has 2 N–H and O–H groups in total. The molecule has 26 heavy (non-hydrogen) atoms. The van der Waals surface area contributed by atoms with Gasteiger partial charge in [0.2, 0.25) is 5.60 Å². The monoisotopic (exact) mass is 366 g/mol. The van der Waals surface area contributed by atoms with Gasteiger partial charge in [-0.25, -0.2) is 9.18 Å². The molecule has 0 aromatic heterocycles. The van der Waals surface area contributed by atoms with Crippen LogP contribution >= 0.6 is 0 Å². The zero-order chi connectivity index (χ0) is 18.7. The average Bonchev–Trinajstić information content (AvgIpc) is 2.65. The van der Waals surface area contributed by atoms with Crippen LogP contribution in [0, 0.1) is 12.7 Å². The van der Waals surface area contributed by atoms with E-state index in [1.54, 1.807) is 17.9 Å². The van der Waals surface area contributed by atoms with E-state index < -0.39 is 23.5 Å². The Labute approximate surface area is 151 Å². The summed E-state index contributed by atoms with van der Waals surface area (Å²) in [4.78, 5) is 26.0. The minimum absolute atomic E-state index is 0.0769. The number of hydrogen-bond acceptors (Lipinski definition) is 5. The van der Waals surface area contributed by atoms with Crippen LogP contribution in [0.25, 0.3) is 0 Å². The Morgan fingerprint density at radius 1 is 1.38 bits per heavy atom. The van der Waals surface area contributed by atoms with Gasteiger partial charge >= 0.3 is 5.97 Å².